The molecule has 0 atom stereocenters. The maximum Gasteiger partial charge on any atom is 0.269 e. The molecule has 0 spiro atoms. The molecule has 0 radical (unpaired) electrons. The fraction of sp³-hybridized carbons (Fsp3) is 0.125. The second-order valence-electron chi connectivity index (χ2n) is 5.10. The lowest BCUT2D eigenvalue weighted by Crippen LogP contribution is -2.28. The summed E-state index contributed by atoms with van der Waals surface area (Å²) in [6, 6.07) is 13.6. The number of benzene rings is 2. The molecular weight excluding hydrogens is 296 g/mol. The van der Waals surface area contributed by atoms with Crippen molar-refractivity contribution in [2.45, 2.75) is 6.92 Å². The van der Waals surface area contributed by atoms with Crippen LogP contribution in [-0.2, 0) is 4.79 Å². The van der Waals surface area contributed by atoms with Crippen LogP contribution < -0.4 is 10.3 Å². The highest BCUT2D eigenvalue weighted by Gasteiger charge is 2.27. The van der Waals surface area contributed by atoms with Crippen LogP contribution in [-0.4, -0.2) is 23.1 Å². The summed E-state index contributed by atoms with van der Waals surface area (Å²) in [5.41, 5.74) is 6.03. The molecule has 23 heavy (non-hydrogen) atoms. The van der Waals surface area contributed by atoms with E-state index in [2.05, 4.69) is 10.5 Å². The number of carbonyl (C=O) groups is 1. The fourth-order valence-corrected chi connectivity index (χ4v) is 2.44. The fourth-order valence-electron chi connectivity index (χ4n) is 2.44. The Morgan fingerprint density at radius 1 is 1.22 bits per heavy atom. The number of hydrogen-bond acceptors (Lipinski definition) is 5. The second kappa shape index (κ2) is 5.88. The van der Waals surface area contributed by atoms with E-state index in [0.717, 1.165) is 17.0 Å². The van der Waals surface area contributed by atoms with Crippen LogP contribution in [0, 0.1) is 10.1 Å². The number of non-ortho nitro benzene ring substituents is 1. The van der Waals surface area contributed by atoms with Gasteiger partial charge in [0.05, 0.1) is 28.6 Å². The summed E-state index contributed by atoms with van der Waals surface area (Å²) in [6.07, 6.45) is 0. The SMILES string of the molecule is CC(=O)N1C/C(=N\Nc2ccc([N+](=O)[O-])cc2)c2ccccc21. The summed E-state index contributed by atoms with van der Waals surface area (Å²) in [4.78, 5) is 23.6. The standard InChI is InChI=1S/C16H14N4O3/c1-11(21)19-10-15(14-4-2-3-5-16(14)19)18-17-12-6-8-13(9-7-12)20(22)23/h2-9,17H,10H2,1H3/b18-15+. The van der Waals surface area contributed by atoms with E-state index in [1.165, 1.54) is 19.1 Å². The number of hydrazone groups is 1. The normalized spacial score (nSPS) is 14.7. The number of anilines is 2. The molecule has 0 aromatic heterocycles. The Labute approximate surface area is 132 Å². The Balaban J connectivity index is 1.83. The van der Waals surface area contributed by atoms with Gasteiger partial charge in [0.2, 0.25) is 5.91 Å². The van der Waals surface area contributed by atoms with Crippen LogP contribution in [0.2, 0.25) is 0 Å². The Hall–Kier alpha value is -3.22. The van der Waals surface area contributed by atoms with Crippen molar-refractivity contribution in [3.8, 4) is 0 Å². The van der Waals surface area contributed by atoms with E-state index < -0.39 is 4.92 Å². The van der Waals surface area contributed by atoms with E-state index in [0.29, 0.717) is 12.2 Å². The Morgan fingerprint density at radius 3 is 2.57 bits per heavy atom. The molecule has 0 unspecified atom stereocenters. The minimum absolute atomic E-state index is 0.0252. The van der Waals surface area contributed by atoms with Gasteiger partial charge in [0, 0.05) is 24.6 Å². The van der Waals surface area contributed by atoms with E-state index >= 15 is 0 Å². The molecule has 7 nitrogen and oxygen atoms in total. The average molecular weight is 310 g/mol. The zero-order valence-electron chi connectivity index (χ0n) is 12.4. The molecular formula is C16H14N4O3. The van der Waals surface area contributed by atoms with E-state index in [-0.39, 0.29) is 11.6 Å². The summed E-state index contributed by atoms with van der Waals surface area (Å²) in [7, 11) is 0. The molecule has 1 amide bonds. The summed E-state index contributed by atoms with van der Waals surface area (Å²) in [6.45, 7) is 1.91. The summed E-state index contributed by atoms with van der Waals surface area (Å²) >= 11 is 0. The third-order valence-electron chi connectivity index (χ3n) is 3.59. The Kier molecular flexibility index (Phi) is 3.76. The predicted molar refractivity (Wildman–Crippen MR) is 87.7 cm³/mol. The van der Waals surface area contributed by atoms with Crippen molar-refractivity contribution in [2.75, 3.05) is 16.9 Å². The van der Waals surface area contributed by atoms with E-state index in [1.807, 2.05) is 24.3 Å². The van der Waals surface area contributed by atoms with Crippen LogP contribution in [0.3, 0.4) is 0 Å². The van der Waals surface area contributed by atoms with E-state index in [9.17, 15) is 14.9 Å². The van der Waals surface area contributed by atoms with Gasteiger partial charge in [-0.3, -0.25) is 20.3 Å². The minimum atomic E-state index is -0.451. The highest BCUT2D eigenvalue weighted by molar-refractivity contribution is 6.17. The number of nitro groups is 1. The monoisotopic (exact) mass is 310 g/mol. The zero-order chi connectivity index (χ0) is 16.4. The Bertz CT molecular complexity index is 799. The third kappa shape index (κ3) is 2.89. The smallest absolute Gasteiger partial charge is 0.269 e. The number of amides is 1. The van der Waals surface area contributed by atoms with Crippen molar-refractivity contribution in [1.29, 1.82) is 0 Å². The lowest BCUT2D eigenvalue weighted by atomic mass is 10.1. The van der Waals surface area contributed by atoms with Gasteiger partial charge < -0.3 is 4.90 Å². The van der Waals surface area contributed by atoms with Crippen LogP contribution in [0.5, 0.6) is 0 Å². The molecule has 1 heterocycles. The zero-order valence-corrected chi connectivity index (χ0v) is 12.4. The molecule has 0 saturated carbocycles. The molecule has 116 valence electrons. The highest BCUT2D eigenvalue weighted by atomic mass is 16.6. The van der Waals surface area contributed by atoms with Gasteiger partial charge in [0.1, 0.15) is 0 Å². The Morgan fingerprint density at radius 2 is 1.91 bits per heavy atom. The maximum atomic E-state index is 11.7. The number of fused-ring (bicyclic) bond motifs is 1. The molecule has 0 aliphatic carbocycles. The van der Waals surface area contributed by atoms with Crippen molar-refractivity contribution >= 4 is 28.7 Å². The first kappa shape index (κ1) is 14.7. The van der Waals surface area contributed by atoms with Crippen LogP contribution in [0.1, 0.15) is 12.5 Å². The van der Waals surface area contributed by atoms with Gasteiger partial charge in [0.15, 0.2) is 0 Å². The predicted octanol–water partition coefficient (Wildman–Crippen LogP) is 2.78. The van der Waals surface area contributed by atoms with E-state index in [1.54, 1.807) is 17.0 Å². The quantitative estimate of drug-likeness (QED) is 0.697. The molecule has 0 bridgehead atoms. The topological polar surface area (TPSA) is 87.8 Å². The molecule has 0 saturated heterocycles. The molecule has 1 aliphatic rings. The first-order valence-corrected chi connectivity index (χ1v) is 7.01. The number of para-hydroxylation sites is 1. The molecule has 2 aromatic carbocycles. The average Bonchev–Trinajstić information content (AvgIpc) is 2.92. The van der Waals surface area contributed by atoms with Crippen molar-refractivity contribution in [3.05, 3.63) is 64.2 Å². The van der Waals surface area contributed by atoms with E-state index in [4.69, 9.17) is 0 Å². The number of rotatable bonds is 3. The third-order valence-corrected chi connectivity index (χ3v) is 3.59. The van der Waals surface area contributed by atoms with Gasteiger partial charge in [-0.2, -0.15) is 5.10 Å². The van der Waals surface area contributed by atoms with Crippen molar-refractivity contribution in [3.63, 3.8) is 0 Å². The lowest BCUT2D eigenvalue weighted by molar-refractivity contribution is -0.384. The molecule has 3 rings (SSSR count). The number of nitrogens with one attached hydrogen (secondary N) is 1. The molecule has 7 heteroatoms. The minimum Gasteiger partial charge on any atom is -0.306 e. The molecule has 1 aliphatic heterocycles. The molecule has 0 fully saturated rings. The number of hydrogen-bond donors (Lipinski definition) is 1. The summed E-state index contributed by atoms with van der Waals surface area (Å²) in [5.74, 6) is -0.0435. The van der Waals surface area contributed by atoms with Gasteiger partial charge in [-0.15, -0.1) is 0 Å². The number of nitro benzene ring substituents is 1. The molecule has 1 N–H and O–H groups in total. The largest absolute Gasteiger partial charge is 0.306 e. The first-order valence-electron chi connectivity index (χ1n) is 7.01. The van der Waals surface area contributed by atoms with Crippen molar-refractivity contribution in [1.82, 2.24) is 0 Å². The van der Waals surface area contributed by atoms with Crippen molar-refractivity contribution in [2.24, 2.45) is 5.10 Å². The lowest BCUT2D eigenvalue weighted by Gasteiger charge is -2.13. The van der Waals surface area contributed by atoms with Crippen LogP contribution in [0.15, 0.2) is 53.6 Å². The van der Waals surface area contributed by atoms with Crippen LogP contribution >= 0.6 is 0 Å². The second-order valence-corrected chi connectivity index (χ2v) is 5.10. The van der Waals surface area contributed by atoms with Gasteiger partial charge in [0.25, 0.3) is 5.69 Å². The van der Waals surface area contributed by atoms with Crippen LogP contribution in [0.25, 0.3) is 0 Å². The van der Waals surface area contributed by atoms with Gasteiger partial charge >= 0.3 is 0 Å². The summed E-state index contributed by atoms with van der Waals surface area (Å²) < 4.78 is 0. The van der Waals surface area contributed by atoms with Gasteiger partial charge in [-0.05, 0) is 18.2 Å². The molecule has 2 aromatic rings. The van der Waals surface area contributed by atoms with Crippen molar-refractivity contribution < 1.29 is 9.72 Å². The van der Waals surface area contributed by atoms with Crippen LogP contribution in [0.4, 0.5) is 17.1 Å². The highest BCUT2D eigenvalue weighted by Crippen LogP contribution is 2.28. The number of carbonyl (C=O) groups excluding carboxylic acids is 1. The number of nitrogens with zero attached hydrogens (tertiary/aromatic N) is 3. The maximum absolute atomic E-state index is 11.7. The summed E-state index contributed by atoms with van der Waals surface area (Å²) in [5, 5.41) is 15.0. The van der Waals surface area contributed by atoms with Gasteiger partial charge in [-0.25, -0.2) is 0 Å². The van der Waals surface area contributed by atoms with Gasteiger partial charge in [-0.1, -0.05) is 18.2 Å². The first-order chi connectivity index (χ1) is 11.1.